The summed E-state index contributed by atoms with van der Waals surface area (Å²) in [7, 11) is 0. The van der Waals surface area contributed by atoms with E-state index in [4.69, 9.17) is 15.9 Å². The van der Waals surface area contributed by atoms with Gasteiger partial charge in [-0.25, -0.2) is 4.39 Å². The van der Waals surface area contributed by atoms with Crippen molar-refractivity contribution < 1.29 is 9.13 Å². The Bertz CT molecular complexity index is 664. The molecule has 6 heteroatoms. The van der Waals surface area contributed by atoms with Crippen LogP contribution >= 0.6 is 27.7 Å². The smallest absolute Gasteiger partial charge is 0.139 e. The van der Waals surface area contributed by atoms with Gasteiger partial charge < -0.3 is 10.5 Å². The highest BCUT2D eigenvalue weighted by Crippen LogP contribution is 2.33. The molecule has 2 aromatic rings. The summed E-state index contributed by atoms with van der Waals surface area (Å²) in [6.45, 7) is 0. The van der Waals surface area contributed by atoms with Crippen molar-refractivity contribution in [2.45, 2.75) is 4.90 Å². The van der Waals surface area contributed by atoms with Gasteiger partial charge in [-0.2, -0.15) is 0 Å². The van der Waals surface area contributed by atoms with Gasteiger partial charge in [0, 0.05) is 4.90 Å². The zero-order valence-electron chi connectivity index (χ0n) is 10.6. The van der Waals surface area contributed by atoms with Crippen molar-refractivity contribution in [1.29, 1.82) is 5.41 Å². The Morgan fingerprint density at radius 2 is 2.10 bits per heavy atom. The molecule has 0 aliphatic carbocycles. The van der Waals surface area contributed by atoms with Crippen LogP contribution in [0.25, 0.3) is 0 Å². The largest absolute Gasteiger partial charge is 0.457 e. The third-order valence-corrected chi connectivity index (χ3v) is 3.98. The lowest BCUT2D eigenvalue weighted by Crippen LogP contribution is -2.13. The van der Waals surface area contributed by atoms with E-state index in [1.807, 2.05) is 18.4 Å². The molecule has 0 spiro atoms. The third kappa shape index (κ3) is 3.13. The summed E-state index contributed by atoms with van der Waals surface area (Å²) in [4.78, 5) is 0.858. The highest BCUT2D eigenvalue weighted by Gasteiger charge is 2.13. The van der Waals surface area contributed by atoms with Gasteiger partial charge in [0.25, 0.3) is 0 Å². The lowest BCUT2D eigenvalue weighted by molar-refractivity contribution is 0.477. The SMILES string of the molecule is CSc1cccc(Oc2ccc(F)c(Br)c2)c1C(=N)N. The fraction of sp³-hybridized carbons (Fsp3) is 0.0714. The minimum Gasteiger partial charge on any atom is -0.457 e. The van der Waals surface area contributed by atoms with Crippen LogP contribution in [-0.2, 0) is 0 Å². The van der Waals surface area contributed by atoms with Crippen molar-refractivity contribution in [2.24, 2.45) is 5.73 Å². The average Bonchev–Trinajstić information content (AvgIpc) is 2.42. The average molecular weight is 355 g/mol. The Balaban J connectivity index is 2.42. The van der Waals surface area contributed by atoms with Gasteiger partial charge in [0.05, 0.1) is 10.0 Å². The van der Waals surface area contributed by atoms with Crippen molar-refractivity contribution in [3.05, 3.63) is 52.3 Å². The zero-order valence-corrected chi connectivity index (χ0v) is 13.0. The summed E-state index contributed by atoms with van der Waals surface area (Å²) in [5.74, 6) is 0.523. The van der Waals surface area contributed by atoms with E-state index >= 15 is 0 Å². The van der Waals surface area contributed by atoms with Gasteiger partial charge in [-0.1, -0.05) is 6.07 Å². The van der Waals surface area contributed by atoms with E-state index in [9.17, 15) is 4.39 Å². The normalized spacial score (nSPS) is 10.3. The van der Waals surface area contributed by atoms with E-state index in [2.05, 4.69) is 15.9 Å². The van der Waals surface area contributed by atoms with Crippen LogP contribution in [0.2, 0.25) is 0 Å². The molecule has 20 heavy (non-hydrogen) atoms. The summed E-state index contributed by atoms with van der Waals surface area (Å²) in [6.07, 6.45) is 1.90. The number of nitrogens with one attached hydrogen (secondary N) is 1. The number of benzene rings is 2. The topological polar surface area (TPSA) is 59.1 Å². The molecule has 0 bridgehead atoms. The van der Waals surface area contributed by atoms with Gasteiger partial charge in [0.2, 0.25) is 0 Å². The number of nitrogen functional groups attached to an aromatic ring is 1. The van der Waals surface area contributed by atoms with E-state index in [1.54, 1.807) is 6.07 Å². The van der Waals surface area contributed by atoms with Crippen LogP contribution in [0.4, 0.5) is 4.39 Å². The van der Waals surface area contributed by atoms with Crippen molar-refractivity contribution in [2.75, 3.05) is 6.26 Å². The Kier molecular flexibility index (Phi) is 4.67. The maximum Gasteiger partial charge on any atom is 0.139 e. The predicted octanol–water partition coefficient (Wildman–Crippen LogP) is 4.39. The fourth-order valence-corrected chi connectivity index (χ4v) is 2.69. The Labute approximate surface area is 129 Å². The number of ether oxygens (including phenoxy) is 1. The van der Waals surface area contributed by atoms with Gasteiger partial charge in [0.15, 0.2) is 0 Å². The second kappa shape index (κ2) is 6.28. The molecule has 0 atom stereocenters. The Morgan fingerprint density at radius 1 is 1.35 bits per heavy atom. The van der Waals surface area contributed by atoms with Gasteiger partial charge in [-0.3, -0.25) is 5.41 Å². The van der Waals surface area contributed by atoms with Gasteiger partial charge in [-0.05, 0) is 52.5 Å². The number of rotatable bonds is 4. The second-order valence-electron chi connectivity index (χ2n) is 3.93. The molecule has 0 fully saturated rings. The van der Waals surface area contributed by atoms with Crippen molar-refractivity contribution in [3.63, 3.8) is 0 Å². The molecule has 0 unspecified atom stereocenters. The van der Waals surface area contributed by atoms with Crippen molar-refractivity contribution in [1.82, 2.24) is 0 Å². The summed E-state index contributed by atoms with van der Waals surface area (Å²) >= 11 is 4.59. The van der Waals surface area contributed by atoms with Gasteiger partial charge >= 0.3 is 0 Å². The van der Waals surface area contributed by atoms with E-state index in [0.29, 0.717) is 21.5 Å². The molecule has 3 N–H and O–H groups in total. The first-order valence-electron chi connectivity index (χ1n) is 5.67. The number of amidine groups is 1. The van der Waals surface area contributed by atoms with E-state index in [1.165, 1.54) is 30.0 Å². The number of hydrogen-bond acceptors (Lipinski definition) is 3. The molecule has 0 heterocycles. The van der Waals surface area contributed by atoms with E-state index < -0.39 is 0 Å². The fourth-order valence-electron chi connectivity index (χ4n) is 1.70. The quantitative estimate of drug-likeness (QED) is 0.486. The molecule has 0 amide bonds. The highest BCUT2D eigenvalue weighted by molar-refractivity contribution is 9.10. The minimum absolute atomic E-state index is 0.0638. The monoisotopic (exact) mass is 354 g/mol. The third-order valence-electron chi connectivity index (χ3n) is 2.60. The van der Waals surface area contributed by atoms with Crippen LogP contribution in [0.15, 0.2) is 45.8 Å². The summed E-state index contributed by atoms with van der Waals surface area (Å²) in [5, 5.41) is 7.68. The number of hydrogen-bond donors (Lipinski definition) is 2. The maximum absolute atomic E-state index is 13.2. The molecule has 2 rings (SSSR count). The Hall–Kier alpha value is -1.53. The molecule has 0 aliphatic rings. The Morgan fingerprint density at radius 3 is 2.70 bits per heavy atom. The molecule has 2 aromatic carbocycles. The molecule has 0 aromatic heterocycles. The van der Waals surface area contributed by atoms with Gasteiger partial charge in [0.1, 0.15) is 23.2 Å². The summed E-state index contributed by atoms with van der Waals surface area (Å²) in [6, 6.07) is 9.79. The predicted molar refractivity (Wildman–Crippen MR) is 83.4 cm³/mol. The molecule has 104 valence electrons. The number of thioether (sulfide) groups is 1. The summed E-state index contributed by atoms with van der Waals surface area (Å²) in [5.41, 5.74) is 6.16. The highest BCUT2D eigenvalue weighted by atomic mass is 79.9. The minimum atomic E-state index is -0.359. The van der Waals surface area contributed by atoms with Crippen LogP contribution in [0.1, 0.15) is 5.56 Å². The molecular weight excluding hydrogens is 343 g/mol. The van der Waals surface area contributed by atoms with Crippen molar-refractivity contribution in [3.8, 4) is 11.5 Å². The number of nitrogens with two attached hydrogens (primary N) is 1. The zero-order chi connectivity index (χ0) is 14.7. The first-order chi connectivity index (χ1) is 9.52. The van der Waals surface area contributed by atoms with E-state index in [-0.39, 0.29) is 11.7 Å². The number of halogens is 2. The van der Waals surface area contributed by atoms with Gasteiger partial charge in [-0.15, -0.1) is 11.8 Å². The molecule has 0 saturated heterocycles. The molecular formula is C14H12BrFN2OS. The van der Waals surface area contributed by atoms with Crippen LogP contribution in [-0.4, -0.2) is 12.1 Å². The lowest BCUT2D eigenvalue weighted by Gasteiger charge is -2.13. The first-order valence-corrected chi connectivity index (χ1v) is 7.69. The maximum atomic E-state index is 13.2. The van der Waals surface area contributed by atoms with Crippen LogP contribution in [0.5, 0.6) is 11.5 Å². The molecule has 0 saturated carbocycles. The van der Waals surface area contributed by atoms with Crippen LogP contribution < -0.4 is 10.5 Å². The molecule has 0 radical (unpaired) electrons. The second-order valence-corrected chi connectivity index (χ2v) is 5.63. The molecule has 3 nitrogen and oxygen atoms in total. The van der Waals surface area contributed by atoms with Crippen LogP contribution in [0.3, 0.4) is 0 Å². The molecule has 0 aliphatic heterocycles. The van der Waals surface area contributed by atoms with Crippen molar-refractivity contribution >= 4 is 33.5 Å². The lowest BCUT2D eigenvalue weighted by atomic mass is 10.2. The standard InChI is InChI=1S/C14H12BrFN2OS/c1-20-12-4-2-3-11(13(12)14(17)18)19-8-5-6-10(16)9(15)7-8/h2-7H,1H3,(H3,17,18). The van der Waals surface area contributed by atoms with E-state index in [0.717, 1.165) is 4.90 Å². The first kappa shape index (κ1) is 14.9. The van der Waals surface area contributed by atoms with Crippen LogP contribution in [0, 0.1) is 11.2 Å². The summed E-state index contributed by atoms with van der Waals surface area (Å²) < 4.78 is 19.2.